The van der Waals surface area contributed by atoms with Crippen molar-refractivity contribution in [2.45, 2.75) is 4.90 Å². The molecule has 2 aromatic carbocycles. The van der Waals surface area contributed by atoms with E-state index in [1.807, 2.05) is 66.7 Å². The molecule has 114 valence electrons. The molecule has 3 rings (SSSR count). The topological polar surface area (TPSA) is 54.0 Å². The van der Waals surface area contributed by atoms with Crippen molar-refractivity contribution in [2.24, 2.45) is 0 Å². The average Bonchev–Trinajstić information content (AvgIpc) is 2.63. The summed E-state index contributed by atoms with van der Waals surface area (Å²) >= 11 is 1.35. The van der Waals surface area contributed by atoms with E-state index in [1.54, 1.807) is 12.3 Å². The average molecular weight is 321 g/mol. The van der Waals surface area contributed by atoms with Crippen molar-refractivity contribution in [1.29, 1.82) is 0 Å². The maximum absolute atomic E-state index is 12.2. The van der Waals surface area contributed by atoms with Gasteiger partial charge in [0, 0.05) is 22.2 Å². The number of rotatable bonds is 5. The number of carbonyl (C=O) groups excluding carboxylic acids is 1. The van der Waals surface area contributed by atoms with E-state index in [4.69, 9.17) is 0 Å². The van der Waals surface area contributed by atoms with Crippen LogP contribution in [0.15, 0.2) is 83.9 Å². The minimum absolute atomic E-state index is 0.189. The lowest BCUT2D eigenvalue weighted by Crippen LogP contribution is -2.32. The lowest BCUT2D eigenvalue weighted by atomic mass is 10.1. The van der Waals surface area contributed by atoms with E-state index in [0.29, 0.717) is 5.56 Å². The Morgan fingerprint density at radius 2 is 1.74 bits per heavy atom. The first-order valence-electron chi connectivity index (χ1n) is 7.11. The lowest BCUT2D eigenvalue weighted by molar-refractivity contribution is 0.0947. The Kier molecular flexibility index (Phi) is 5.03. The molecule has 3 aromatic rings. The molecule has 0 spiro atoms. The molecule has 4 nitrogen and oxygen atoms in total. The minimum atomic E-state index is -0.189. The molecule has 0 aliphatic rings. The summed E-state index contributed by atoms with van der Waals surface area (Å²) in [6.45, 7) is 0. The monoisotopic (exact) mass is 321 g/mol. The van der Waals surface area contributed by atoms with Gasteiger partial charge in [-0.15, -0.1) is 0 Å². The third kappa shape index (κ3) is 4.18. The highest BCUT2D eigenvalue weighted by Crippen LogP contribution is 2.18. The van der Waals surface area contributed by atoms with Gasteiger partial charge in [0.1, 0.15) is 0 Å². The van der Waals surface area contributed by atoms with E-state index in [9.17, 15) is 4.79 Å². The zero-order valence-corrected chi connectivity index (χ0v) is 13.1. The molecule has 1 amide bonds. The number of nitrogens with zero attached hydrogens (tertiary/aromatic N) is 1. The van der Waals surface area contributed by atoms with Crippen LogP contribution in [-0.2, 0) is 0 Å². The van der Waals surface area contributed by atoms with E-state index >= 15 is 0 Å². The summed E-state index contributed by atoms with van der Waals surface area (Å²) in [4.78, 5) is 20.4. The quantitative estimate of drug-likeness (QED) is 0.556. The summed E-state index contributed by atoms with van der Waals surface area (Å²) in [7, 11) is 0. The van der Waals surface area contributed by atoms with Crippen molar-refractivity contribution >= 4 is 17.9 Å². The molecule has 0 saturated heterocycles. The Morgan fingerprint density at radius 1 is 0.913 bits per heavy atom. The van der Waals surface area contributed by atoms with Gasteiger partial charge in [-0.05, 0) is 48.3 Å². The first-order valence-corrected chi connectivity index (χ1v) is 7.93. The first kappa shape index (κ1) is 15.3. The second-order valence-corrected chi connectivity index (χ2v) is 5.65. The van der Waals surface area contributed by atoms with Gasteiger partial charge in [0.25, 0.3) is 5.91 Å². The normalized spacial score (nSPS) is 10.3. The van der Waals surface area contributed by atoms with Crippen LogP contribution in [0.5, 0.6) is 0 Å². The van der Waals surface area contributed by atoms with E-state index in [-0.39, 0.29) is 5.91 Å². The summed E-state index contributed by atoms with van der Waals surface area (Å²) in [5.41, 5.74) is 5.01. The number of pyridine rings is 1. The molecule has 0 saturated carbocycles. The van der Waals surface area contributed by atoms with Crippen molar-refractivity contribution < 1.29 is 4.79 Å². The summed E-state index contributed by atoms with van der Waals surface area (Å²) in [5.74, 6) is -0.189. The Bertz CT molecular complexity index is 779. The van der Waals surface area contributed by atoms with Gasteiger partial charge in [-0.25, -0.2) is 0 Å². The van der Waals surface area contributed by atoms with Crippen molar-refractivity contribution in [2.75, 3.05) is 0 Å². The largest absolute Gasteiger partial charge is 0.277 e. The van der Waals surface area contributed by atoms with Gasteiger partial charge in [0.2, 0.25) is 0 Å². The molecule has 5 heteroatoms. The predicted octanol–water partition coefficient (Wildman–Crippen LogP) is 3.69. The zero-order chi connectivity index (χ0) is 15.9. The van der Waals surface area contributed by atoms with Gasteiger partial charge in [-0.3, -0.25) is 15.2 Å². The standard InChI is InChI=1S/C18H15N3OS/c22-18(20-21-23-16-9-2-1-3-10-16)15-8-6-7-14(13-15)17-11-4-5-12-19-17/h1-13,21H,(H,20,22). The van der Waals surface area contributed by atoms with Crippen LogP contribution in [0.1, 0.15) is 10.4 Å². The number of benzene rings is 2. The van der Waals surface area contributed by atoms with Gasteiger partial charge in [-0.2, -0.15) is 4.83 Å². The van der Waals surface area contributed by atoms with Gasteiger partial charge in [0.15, 0.2) is 0 Å². The molecule has 0 aliphatic heterocycles. The van der Waals surface area contributed by atoms with Crippen LogP contribution < -0.4 is 10.3 Å². The number of hydrogen-bond donors (Lipinski definition) is 2. The van der Waals surface area contributed by atoms with Gasteiger partial charge in [0.05, 0.1) is 5.69 Å². The molecule has 2 N–H and O–H groups in total. The third-order valence-corrected chi connectivity index (χ3v) is 3.87. The van der Waals surface area contributed by atoms with E-state index in [0.717, 1.165) is 16.2 Å². The number of amides is 1. The third-order valence-electron chi connectivity index (χ3n) is 3.16. The molecule has 0 fully saturated rings. The fourth-order valence-corrected chi connectivity index (χ4v) is 2.60. The lowest BCUT2D eigenvalue weighted by Gasteiger charge is -2.07. The van der Waals surface area contributed by atoms with Crippen LogP contribution in [0.2, 0.25) is 0 Å². The van der Waals surface area contributed by atoms with Gasteiger partial charge in [-0.1, -0.05) is 36.4 Å². The maximum Gasteiger partial charge on any atom is 0.266 e. The number of aromatic nitrogens is 1. The summed E-state index contributed by atoms with van der Waals surface area (Å²) in [6, 6.07) is 22.9. The van der Waals surface area contributed by atoms with E-state index in [2.05, 4.69) is 15.2 Å². The van der Waals surface area contributed by atoms with Crippen molar-refractivity contribution in [1.82, 2.24) is 15.2 Å². The summed E-state index contributed by atoms with van der Waals surface area (Å²) < 4.78 is 0. The zero-order valence-electron chi connectivity index (χ0n) is 12.3. The van der Waals surface area contributed by atoms with E-state index in [1.165, 1.54) is 11.9 Å². The summed E-state index contributed by atoms with van der Waals surface area (Å²) in [6.07, 6.45) is 1.74. The number of hydrazine groups is 1. The molecule has 1 aromatic heterocycles. The van der Waals surface area contributed by atoms with Crippen molar-refractivity contribution in [3.63, 3.8) is 0 Å². The number of hydrogen-bond acceptors (Lipinski definition) is 4. The molecular formula is C18H15N3OS. The fourth-order valence-electron chi connectivity index (χ4n) is 2.04. The fraction of sp³-hybridized carbons (Fsp3) is 0. The highest BCUT2D eigenvalue weighted by atomic mass is 32.2. The Morgan fingerprint density at radius 3 is 2.52 bits per heavy atom. The molecule has 0 radical (unpaired) electrons. The van der Waals surface area contributed by atoms with Crippen LogP contribution in [-0.4, -0.2) is 10.9 Å². The molecular weight excluding hydrogens is 306 g/mol. The predicted molar refractivity (Wildman–Crippen MR) is 92.6 cm³/mol. The van der Waals surface area contributed by atoms with Crippen molar-refractivity contribution in [3.8, 4) is 11.3 Å². The Balaban J connectivity index is 1.64. The van der Waals surface area contributed by atoms with Gasteiger partial charge >= 0.3 is 0 Å². The Labute approximate surface area is 139 Å². The minimum Gasteiger partial charge on any atom is -0.277 e. The number of nitrogens with one attached hydrogen (secondary N) is 2. The van der Waals surface area contributed by atoms with Crippen LogP contribution in [0, 0.1) is 0 Å². The molecule has 0 bridgehead atoms. The van der Waals surface area contributed by atoms with Crippen LogP contribution in [0.25, 0.3) is 11.3 Å². The number of carbonyl (C=O) groups is 1. The van der Waals surface area contributed by atoms with Gasteiger partial charge < -0.3 is 0 Å². The summed E-state index contributed by atoms with van der Waals surface area (Å²) in [5, 5.41) is 0. The van der Waals surface area contributed by atoms with Crippen molar-refractivity contribution in [3.05, 3.63) is 84.6 Å². The molecule has 1 heterocycles. The molecule has 23 heavy (non-hydrogen) atoms. The van der Waals surface area contributed by atoms with Crippen LogP contribution in [0.4, 0.5) is 0 Å². The SMILES string of the molecule is O=C(NNSc1ccccc1)c1cccc(-c2ccccn2)c1. The van der Waals surface area contributed by atoms with Crippen LogP contribution >= 0.6 is 11.9 Å². The molecule has 0 aliphatic carbocycles. The highest BCUT2D eigenvalue weighted by Gasteiger charge is 2.07. The first-order chi connectivity index (χ1) is 11.3. The smallest absolute Gasteiger partial charge is 0.266 e. The maximum atomic E-state index is 12.2. The molecule has 0 atom stereocenters. The Hall–Kier alpha value is -2.63. The second-order valence-electron chi connectivity index (χ2n) is 4.77. The molecule has 0 unspecified atom stereocenters. The van der Waals surface area contributed by atoms with E-state index < -0.39 is 0 Å². The van der Waals surface area contributed by atoms with Crippen LogP contribution in [0.3, 0.4) is 0 Å². The highest BCUT2D eigenvalue weighted by molar-refractivity contribution is 7.97. The second kappa shape index (κ2) is 7.58.